The average Bonchev–Trinajstić information content (AvgIpc) is 2.94. The fourth-order valence-electron chi connectivity index (χ4n) is 3.15. The minimum atomic E-state index is -4.73. The molecule has 8 nitrogen and oxygen atoms in total. The van der Waals surface area contributed by atoms with E-state index in [1.54, 1.807) is 14.0 Å². The standard InChI is InChI=1S/C21H32F3N5O2.C9H7F3O/c1-5-14-30-15-8-6-7-13-26-17(3)28-20(27-16(2)25-4)29-18-9-11-19(12-10-18)31-21(22,23)24;1-2-7-3-5-8(6-4-7)13-9(10,11)12/h9-12,25H,2,5-8,13-15H2,1,3-4H3,(H2,26,27,28,29);2-6H,1H2. The Morgan fingerprint density at radius 2 is 1.43 bits per heavy atom. The zero-order chi connectivity index (χ0) is 33.0. The minimum Gasteiger partial charge on any atom is -0.406 e. The highest BCUT2D eigenvalue weighted by Gasteiger charge is 2.31. The van der Waals surface area contributed by atoms with Gasteiger partial charge >= 0.3 is 12.7 Å². The fraction of sp³-hybridized carbons (Fsp3) is 0.400. The molecule has 0 saturated carbocycles. The number of nitrogens with zero attached hydrogens (tertiary/aromatic N) is 2. The first-order valence-corrected chi connectivity index (χ1v) is 13.7. The average molecular weight is 632 g/mol. The number of guanidine groups is 1. The minimum absolute atomic E-state index is 0.224. The molecule has 0 fully saturated rings. The molecule has 0 heterocycles. The first-order valence-electron chi connectivity index (χ1n) is 13.7. The molecule has 3 N–H and O–H groups in total. The Morgan fingerprint density at radius 3 is 1.93 bits per heavy atom. The molecule has 0 radical (unpaired) electrons. The first kappa shape index (κ1) is 37.8. The quantitative estimate of drug-likeness (QED) is 0.0851. The molecule has 2 rings (SSSR count). The van der Waals surface area contributed by atoms with Crippen molar-refractivity contribution in [3.05, 3.63) is 73.1 Å². The van der Waals surface area contributed by atoms with Crippen LogP contribution in [0.25, 0.3) is 6.08 Å². The summed E-state index contributed by atoms with van der Waals surface area (Å²) in [6.07, 6.45) is -3.84. The molecule has 0 unspecified atom stereocenters. The van der Waals surface area contributed by atoms with E-state index in [0.717, 1.165) is 44.5 Å². The van der Waals surface area contributed by atoms with Gasteiger partial charge in [0.15, 0.2) is 0 Å². The molecular formula is C30H39F6N5O3. The third kappa shape index (κ3) is 19.1. The Morgan fingerprint density at radius 1 is 0.864 bits per heavy atom. The van der Waals surface area contributed by atoms with Crippen molar-refractivity contribution < 1.29 is 40.6 Å². The highest BCUT2D eigenvalue weighted by molar-refractivity contribution is 6.02. The van der Waals surface area contributed by atoms with Crippen LogP contribution in [0.3, 0.4) is 0 Å². The lowest BCUT2D eigenvalue weighted by Gasteiger charge is -2.14. The number of ether oxygens (including phenoxy) is 3. The third-order valence-corrected chi connectivity index (χ3v) is 5.18. The first-order chi connectivity index (χ1) is 20.7. The zero-order valence-corrected chi connectivity index (χ0v) is 24.9. The molecule has 0 aliphatic heterocycles. The van der Waals surface area contributed by atoms with E-state index in [2.05, 4.69) is 55.5 Å². The number of aliphatic imine (C=N–C) groups is 2. The number of unbranched alkanes of at least 4 members (excludes halogenated alkanes) is 2. The van der Waals surface area contributed by atoms with E-state index >= 15 is 0 Å². The predicted molar refractivity (Wildman–Crippen MR) is 162 cm³/mol. The van der Waals surface area contributed by atoms with Crippen LogP contribution in [0.15, 0.2) is 77.5 Å². The number of rotatable bonds is 14. The van der Waals surface area contributed by atoms with Crippen LogP contribution < -0.4 is 25.4 Å². The van der Waals surface area contributed by atoms with Crippen molar-refractivity contribution in [2.75, 3.05) is 32.1 Å². The van der Waals surface area contributed by atoms with Crippen molar-refractivity contribution >= 4 is 23.6 Å². The Kier molecular flexibility index (Phi) is 17.1. The van der Waals surface area contributed by atoms with Crippen LogP contribution in [0.1, 0.15) is 45.1 Å². The maximum atomic E-state index is 12.3. The second kappa shape index (κ2) is 19.9. The summed E-state index contributed by atoms with van der Waals surface area (Å²) < 4.78 is 84.9. The van der Waals surface area contributed by atoms with E-state index in [-0.39, 0.29) is 11.5 Å². The van der Waals surface area contributed by atoms with E-state index in [1.165, 1.54) is 54.6 Å². The van der Waals surface area contributed by atoms with Crippen molar-refractivity contribution in [3.63, 3.8) is 0 Å². The Hall–Kier alpha value is -4.20. The maximum absolute atomic E-state index is 12.3. The molecule has 44 heavy (non-hydrogen) atoms. The summed E-state index contributed by atoms with van der Waals surface area (Å²) in [4.78, 5) is 8.85. The molecule has 0 bridgehead atoms. The van der Waals surface area contributed by atoms with Crippen LogP contribution in [0.5, 0.6) is 11.5 Å². The zero-order valence-electron chi connectivity index (χ0n) is 24.9. The normalized spacial score (nSPS) is 12.0. The lowest BCUT2D eigenvalue weighted by Crippen LogP contribution is -2.34. The molecule has 0 saturated heterocycles. The van der Waals surface area contributed by atoms with E-state index in [0.29, 0.717) is 29.8 Å². The van der Waals surface area contributed by atoms with Gasteiger partial charge in [-0.3, -0.25) is 4.99 Å². The molecule has 2 aromatic rings. The van der Waals surface area contributed by atoms with E-state index < -0.39 is 12.7 Å². The lowest BCUT2D eigenvalue weighted by molar-refractivity contribution is -0.275. The van der Waals surface area contributed by atoms with E-state index in [1.807, 2.05) is 0 Å². The molecule has 244 valence electrons. The Labute approximate surface area is 253 Å². The van der Waals surface area contributed by atoms with Gasteiger partial charge in [-0.05, 0) is 74.6 Å². The van der Waals surface area contributed by atoms with Gasteiger partial charge < -0.3 is 30.2 Å². The Bertz CT molecular complexity index is 1180. The van der Waals surface area contributed by atoms with Crippen LogP contribution >= 0.6 is 0 Å². The summed E-state index contributed by atoms with van der Waals surface area (Å²) in [7, 11) is 1.70. The van der Waals surface area contributed by atoms with E-state index in [9.17, 15) is 26.3 Å². The van der Waals surface area contributed by atoms with Gasteiger partial charge in [0.25, 0.3) is 0 Å². The number of amidine groups is 1. The van der Waals surface area contributed by atoms with Gasteiger partial charge in [0, 0.05) is 32.5 Å². The molecule has 2 aromatic carbocycles. The van der Waals surface area contributed by atoms with Gasteiger partial charge in [0.1, 0.15) is 17.3 Å². The van der Waals surface area contributed by atoms with Gasteiger partial charge in [-0.2, -0.15) is 0 Å². The molecular weight excluding hydrogens is 592 g/mol. The van der Waals surface area contributed by atoms with Gasteiger partial charge in [-0.25, -0.2) is 4.99 Å². The summed E-state index contributed by atoms with van der Waals surface area (Å²) in [5.41, 5.74) is 1.26. The molecule has 14 heteroatoms. The lowest BCUT2D eigenvalue weighted by atomic mass is 10.2. The number of anilines is 1. The number of hydrogen-bond acceptors (Lipinski definition) is 5. The molecule has 0 amide bonds. The van der Waals surface area contributed by atoms with Crippen LogP contribution in [-0.2, 0) is 4.74 Å². The van der Waals surface area contributed by atoms with Gasteiger partial charge in [-0.1, -0.05) is 38.3 Å². The smallest absolute Gasteiger partial charge is 0.406 e. The van der Waals surface area contributed by atoms with Crippen LogP contribution in [0.4, 0.5) is 32.0 Å². The summed E-state index contributed by atoms with van der Waals surface area (Å²) >= 11 is 0. The number of hydrogen-bond donors (Lipinski definition) is 3. The van der Waals surface area contributed by atoms with Crippen molar-refractivity contribution in [3.8, 4) is 11.5 Å². The molecule has 0 spiro atoms. The van der Waals surface area contributed by atoms with Crippen molar-refractivity contribution in [1.82, 2.24) is 10.6 Å². The number of benzene rings is 2. The summed E-state index contributed by atoms with van der Waals surface area (Å²) in [5.74, 6) is 0.847. The molecule has 0 aliphatic carbocycles. The van der Waals surface area contributed by atoms with Crippen LogP contribution in [0, 0.1) is 0 Å². The largest absolute Gasteiger partial charge is 0.573 e. The number of halogens is 6. The van der Waals surface area contributed by atoms with Gasteiger partial charge in [0.05, 0.1) is 5.82 Å². The summed E-state index contributed by atoms with van der Waals surface area (Å²) in [6.45, 7) is 13.3. The van der Waals surface area contributed by atoms with Crippen LogP contribution in [0.2, 0.25) is 0 Å². The fourth-order valence-corrected chi connectivity index (χ4v) is 3.15. The topological polar surface area (TPSA) is 88.5 Å². The van der Waals surface area contributed by atoms with Gasteiger partial charge in [0.2, 0.25) is 5.96 Å². The summed E-state index contributed by atoms with van der Waals surface area (Å²) in [5, 5.41) is 8.80. The molecule has 0 aliphatic rings. The third-order valence-electron chi connectivity index (χ3n) is 5.18. The van der Waals surface area contributed by atoms with Crippen molar-refractivity contribution in [1.29, 1.82) is 0 Å². The highest BCUT2D eigenvalue weighted by atomic mass is 19.4. The number of nitrogens with one attached hydrogen (secondary N) is 3. The van der Waals surface area contributed by atoms with E-state index in [4.69, 9.17) is 4.74 Å². The Balaban J connectivity index is 0.000000617. The second-order valence-electron chi connectivity index (χ2n) is 8.93. The monoisotopic (exact) mass is 631 g/mol. The highest BCUT2D eigenvalue weighted by Crippen LogP contribution is 2.24. The predicted octanol–water partition coefficient (Wildman–Crippen LogP) is 7.88. The van der Waals surface area contributed by atoms with Crippen LogP contribution in [-0.4, -0.2) is 51.3 Å². The SMILES string of the molecule is C=C(NC)NC(=NC(C)=NCCCCCOCCC)Nc1ccc(OC(F)(F)F)cc1.C=Cc1ccc(OC(F)(F)F)cc1. The molecule has 0 atom stereocenters. The van der Waals surface area contributed by atoms with Crippen molar-refractivity contribution in [2.45, 2.75) is 52.3 Å². The van der Waals surface area contributed by atoms with Gasteiger partial charge in [-0.15, -0.1) is 26.3 Å². The maximum Gasteiger partial charge on any atom is 0.573 e. The number of alkyl halides is 6. The second-order valence-corrected chi connectivity index (χ2v) is 8.93. The molecule has 0 aromatic heterocycles. The van der Waals surface area contributed by atoms with Crippen molar-refractivity contribution in [2.24, 2.45) is 9.98 Å². The summed E-state index contributed by atoms with van der Waals surface area (Å²) in [6, 6.07) is 10.8.